The van der Waals surface area contributed by atoms with Gasteiger partial charge in [-0.2, -0.15) is 3.97 Å². The maximum atomic E-state index is 14.4. The van der Waals surface area contributed by atoms with E-state index in [-0.39, 0.29) is 32.6 Å². The van der Waals surface area contributed by atoms with Crippen molar-refractivity contribution in [3.05, 3.63) is 112 Å². The third kappa shape index (κ3) is 5.51. The lowest BCUT2D eigenvalue weighted by Crippen LogP contribution is -2.51. The van der Waals surface area contributed by atoms with Crippen LogP contribution in [0.4, 0.5) is 5.69 Å². The third-order valence-corrected chi connectivity index (χ3v) is 9.87. The number of anilines is 1. The van der Waals surface area contributed by atoms with Gasteiger partial charge in [0, 0.05) is 55.3 Å². The van der Waals surface area contributed by atoms with Gasteiger partial charge in [0.25, 0.3) is 15.9 Å². The van der Waals surface area contributed by atoms with Gasteiger partial charge in [0.05, 0.1) is 25.3 Å². The number of methoxy groups -OCH3 is 2. The Labute approximate surface area is 264 Å². The van der Waals surface area contributed by atoms with Gasteiger partial charge in [0.15, 0.2) is 0 Å². The Bertz CT molecular complexity index is 2020. The van der Waals surface area contributed by atoms with Crippen molar-refractivity contribution in [2.75, 3.05) is 45.3 Å². The number of aromatic nitrogens is 3. The molecule has 13 heteroatoms. The highest BCUT2D eigenvalue weighted by Gasteiger charge is 2.36. The van der Waals surface area contributed by atoms with Crippen LogP contribution in [0.1, 0.15) is 11.6 Å². The molecule has 1 atom stereocenters. The number of hydrogen-bond donors (Lipinski definition) is 0. The highest BCUT2D eigenvalue weighted by molar-refractivity contribution is 7.90. The summed E-state index contributed by atoms with van der Waals surface area (Å²) in [5.41, 5.74) is 0.881. The molecule has 0 radical (unpaired) electrons. The van der Waals surface area contributed by atoms with Crippen LogP contribution < -0.4 is 20.1 Å². The van der Waals surface area contributed by atoms with E-state index >= 15 is 0 Å². The molecule has 45 heavy (non-hydrogen) atoms. The van der Waals surface area contributed by atoms with Crippen LogP contribution in [0.15, 0.2) is 101 Å². The number of imidazole rings is 1. The number of hydrogen-bond acceptors (Lipinski definition) is 8. The maximum absolute atomic E-state index is 14.4. The molecule has 3 aromatic carbocycles. The van der Waals surface area contributed by atoms with Gasteiger partial charge in [-0.05, 0) is 48.0 Å². The minimum absolute atomic E-state index is 0.00105. The summed E-state index contributed by atoms with van der Waals surface area (Å²) in [6.45, 7) is 1.96. The van der Waals surface area contributed by atoms with Crippen LogP contribution in [-0.4, -0.2) is 73.1 Å². The van der Waals surface area contributed by atoms with Gasteiger partial charge >= 0.3 is 5.69 Å². The molecular weight excluding hydrogens is 618 g/mol. The topological polar surface area (TPSA) is 116 Å². The van der Waals surface area contributed by atoms with Crippen molar-refractivity contribution < 1.29 is 22.7 Å². The fraction of sp³-hybridized carbons (Fsp3) is 0.219. The van der Waals surface area contributed by atoms with E-state index in [2.05, 4.69) is 9.88 Å². The van der Waals surface area contributed by atoms with Crippen LogP contribution in [0.25, 0.3) is 11.0 Å². The fourth-order valence-corrected chi connectivity index (χ4v) is 7.39. The van der Waals surface area contributed by atoms with Crippen molar-refractivity contribution in [1.29, 1.82) is 0 Å². The normalized spacial score (nSPS) is 14.4. The average molecular weight is 648 g/mol. The Morgan fingerprint density at radius 1 is 0.867 bits per heavy atom. The van der Waals surface area contributed by atoms with Crippen molar-refractivity contribution in [2.45, 2.75) is 10.9 Å². The average Bonchev–Trinajstić information content (AvgIpc) is 3.36. The molecule has 1 unspecified atom stereocenters. The molecule has 1 amide bonds. The summed E-state index contributed by atoms with van der Waals surface area (Å²) in [5, 5.41) is 0.276. The largest absolute Gasteiger partial charge is 0.497 e. The Kier molecular flexibility index (Phi) is 8.26. The molecule has 1 saturated heterocycles. The summed E-state index contributed by atoms with van der Waals surface area (Å²) in [6.07, 6.45) is 3.45. The van der Waals surface area contributed by atoms with Crippen LogP contribution in [0.5, 0.6) is 11.5 Å². The highest BCUT2D eigenvalue weighted by Crippen LogP contribution is 2.33. The van der Waals surface area contributed by atoms with Gasteiger partial charge in [-0.25, -0.2) is 13.2 Å². The molecule has 0 spiro atoms. The van der Waals surface area contributed by atoms with E-state index in [1.54, 1.807) is 41.6 Å². The molecule has 11 nitrogen and oxygen atoms in total. The van der Waals surface area contributed by atoms with E-state index in [1.807, 2.05) is 18.2 Å². The predicted octanol–water partition coefficient (Wildman–Crippen LogP) is 4.04. The Hall–Kier alpha value is -4.81. The molecule has 3 heterocycles. The number of pyridine rings is 1. The van der Waals surface area contributed by atoms with Crippen molar-refractivity contribution in [2.24, 2.45) is 0 Å². The molecule has 232 valence electrons. The molecular formula is C32H30ClN5O6S. The number of piperazine rings is 1. The number of ether oxygens (including phenoxy) is 2. The minimum atomic E-state index is -4.54. The monoisotopic (exact) mass is 647 g/mol. The van der Waals surface area contributed by atoms with Gasteiger partial charge in [-0.1, -0.05) is 41.9 Å². The number of nitrogens with zero attached hydrogens (tertiary/aromatic N) is 5. The summed E-state index contributed by atoms with van der Waals surface area (Å²) in [5.74, 6) is 0.0427. The van der Waals surface area contributed by atoms with Crippen LogP contribution in [-0.2, 0) is 14.8 Å². The van der Waals surface area contributed by atoms with Crippen molar-refractivity contribution >= 4 is 44.3 Å². The second kappa shape index (κ2) is 12.3. The zero-order valence-electron chi connectivity index (χ0n) is 24.5. The Balaban J connectivity index is 1.49. The molecule has 1 aliphatic heterocycles. The number of halogens is 1. The minimum Gasteiger partial charge on any atom is -0.497 e. The summed E-state index contributed by atoms with van der Waals surface area (Å²) in [7, 11) is -1.76. The number of carbonyl (C=O) groups is 1. The van der Waals surface area contributed by atoms with Crippen molar-refractivity contribution in [3.63, 3.8) is 0 Å². The second-order valence-electron chi connectivity index (χ2n) is 10.4. The molecule has 1 aliphatic rings. The number of amides is 1. The molecule has 0 saturated carbocycles. The van der Waals surface area contributed by atoms with Gasteiger partial charge in [-0.3, -0.25) is 14.3 Å². The van der Waals surface area contributed by atoms with E-state index in [9.17, 15) is 18.0 Å². The molecule has 6 rings (SSSR count). The first kappa shape index (κ1) is 30.2. The lowest BCUT2D eigenvalue weighted by molar-refractivity contribution is -0.133. The van der Waals surface area contributed by atoms with Gasteiger partial charge in [-0.15, -0.1) is 0 Å². The van der Waals surface area contributed by atoms with Gasteiger partial charge in [0.1, 0.15) is 22.4 Å². The van der Waals surface area contributed by atoms with Gasteiger partial charge in [0.2, 0.25) is 0 Å². The van der Waals surface area contributed by atoms with Gasteiger partial charge < -0.3 is 19.3 Å². The lowest BCUT2D eigenvalue weighted by atomic mass is 10.0. The third-order valence-electron chi connectivity index (χ3n) is 7.91. The zero-order valence-corrected chi connectivity index (χ0v) is 26.1. The quantitative estimate of drug-likeness (QED) is 0.248. The number of benzene rings is 3. The van der Waals surface area contributed by atoms with Crippen LogP contribution in [0.2, 0.25) is 5.02 Å². The fourth-order valence-electron chi connectivity index (χ4n) is 5.68. The summed E-state index contributed by atoms with van der Waals surface area (Å²) >= 11 is 6.40. The SMILES string of the molecule is COc1ccc(S(=O)(=O)n2c(=O)n(C(C(=O)N3CCN(c4ccncc4)CC3)c3ccccc3)c3cc(Cl)ccc32)c(OC)c1. The Morgan fingerprint density at radius 2 is 1.58 bits per heavy atom. The first-order valence-corrected chi connectivity index (χ1v) is 15.9. The van der Waals surface area contributed by atoms with Crippen molar-refractivity contribution in [1.82, 2.24) is 18.4 Å². The van der Waals surface area contributed by atoms with E-state index in [0.29, 0.717) is 41.5 Å². The molecule has 2 aromatic heterocycles. The van der Waals surface area contributed by atoms with E-state index in [1.165, 1.54) is 55.2 Å². The first-order chi connectivity index (χ1) is 21.7. The molecule has 1 fully saturated rings. The molecule has 0 N–H and O–H groups in total. The zero-order chi connectivity index (χ0) is 31.7. The first-order valence-electron chi connectivity index (χ1n) is 14.1. The molecule has 5 aromatic rings. The molecule has 0 aliphatic carbocycles. The van der Waals surface area contributed by atoms with Crippen LogP contribution >= 0.6 is 11.6 Å². The summed E-state index contributed by atoms with van der Waals surface area (Å²) < 4.78 is 41.0. The van der Waals surface area contributed by atoms with E-state index in [4.69, 9.17) is 21.1 Å². The second-order valence-corrected chi connectivity index (χ2v) is 12.6. The summed E-state index contributed by atoms with van der Waals surface area (Å²) in [4.78, 5) is 36.6. The number of carbonyl (C=O) groups excluding carboxylic acids is 1. The van der Waals surface area contributed by atoms with E-state index in [0.717, 1.165) is 5.69 Å². The molecule has 0 bridgehead atoms. The van der Waals surface area contributed by atoms with Crippen LogP contribution in [0, 0.1) is 0 Å². The number of rotatable bonds is 8. The summed E-state index contributed by atoms with van der Waals surface area (Å²) in [6, 6.07) is 20.2. The Morgan fingerprint density at radius 3 is 2.24 bits per heavy atom. The smallest absolute Gasteiger partial charge is 0.344 e. The van der Waals surface area contributed by atoms with Crippen LogP contribution in [0.3, 0.4) is 0 Å². The predicted molar refractivity (Wildman–Crippen MR) is 171 cm³/mol. The maximum Gasteiger partial charge on any atom is 0.344 e. The number of fused-ring (bicyclic) bond motifs is 1. The highest BCUT2D eigenvalue weighted by atomic mass is 35.5. The van der Waals surface area contributed by atoms with E-state index < -0.39 is 21.8 Å². The van der Waals surface area contributed by atoms with Crippen molar-refractivity contribution in [3.8, 4) is 11.5 Å². The lowest BCUT2D eigenvalue weighted by Gasteiger charge is -2.37. The standard InChI is InChI=1S/C32H30ClN5O6S/c1-43-25-9-11-29(28(21-25)44-2)45(41,42)38-26-10-8-23(33)20-27(26)37(32(38)40)30(22-6-4-3-5-7-22)31(39)36-18-16-35(17-19-36)24-12-14-34-15-13-24/h3-15,20-21,30H,16-19H2,1-2H3.